The molecule has 0 saturated heterocycles. The molecule has 2 N–H and O–H groups in total. The number of aromatic hydroxyl groups is 1. The predicted octanol–water partition coefficient (Wildman–Crippen LogP) is 4.59. The lowest BCUT2D eigenvalue weighted by Gasteiger charge is -2.39. The number of hydrogen-bond acceptors (Lipinski definition) is 5. The summed E-state index contributed by atoms with van der Waals surface area (Å²) in [4.78, 5) is 2.06. The predicted molar refractivity (Wildman–Crippen MR) is 114 cm³/mol. The molecule has 5 rings (SSSR count). The summed E-state index contributed by atoms with van der Waals surface area (Å²) in [5, 5.41) is 26.0. The van der Waals surface area contributed by atoms with Crippen LogP contribution in [-0.4, -0.2) is 44.3 Å². The van der Waals surface area contributed by atoms with E-state index in [9.17, 15) is 5.11 Å². The number of fused-ring (bicyclic) bond motifs is 2. The van der Waals surface area contributed by atoms with Crippen LogP contribution in [-0.2, 0) is 0 Å². The molecule has 4 atom stereocenters. The molecule has 0 unspecified atom stereocenters. The molecule has 7 heteroatoms. The molecule has 0 aliphatic heterocycles. The Kier molecular flexibility index (Phi) is 4.89. The van der Waals surface area contributed by atoms with Gasteiger partial charge in [-0.1, -0.05) is 6.07 Å². The molecule has 0 amide bonds. The van der Waals surface area contributed by atoms with Gasteiger partial charge in [0.15, 0.2) is 5.82 Å². The normalized spacial score (nSPS) is 25.4. The van der Waals surface area contributed by atoms with Crippen molar-refractivity contribution >= 4 is 5.82 Å². The quantitative estimate of drug-likeness (QED) is 0.647. The molecule has 1 aromatic carbocycles. The van der Waals surface area contributed by atoms with Crippen LogP contribution >= 0.6 is 0 Å². The minimum Gasteiger partial charge on any atom is -0.507 e. The van der Waals surface area contributed by atoms with Gasteiger partial charge < -0.3 is 10.0 Å². The maximum absolute atomic E-state index is 15.1. The average molecular weight is 407 g/mol. The summed E-state index contributed by atoms with van der Waals surface area (Å²) < 4.78 is 15.1. The fraction of sp³-hybridized carbons (Fsp3) is 0.435. The van der Waals surface area contributed by atoms with Crippen molar-refractivity contribution < 1.29 is 9.50 Å². The SMILES string of the molecule is CCN(c1ccc(-c2ccc(-c3cn[nH]c3)cc2O)nn1)[C@@H]1C[C@H]2CC[C@H](C2)[C@@H]1F. The number of H-pyrrole nitrogens is 1. The number of benzene rings is 1. The Hall–Kier alpha value is -2.96. The van der Waals surface area contributed by atoms with Crippen LogP contribution in [0.15, 0.2) is 42.7 Å². The van der Waals surface area contributed by atoms with E-state index < -0.39 is 6.17 Å². The van der Waals surface area contributed by atoms with Crippen molar-refractivity contribution in [2.24, 2.45) is 11.8 Å². The van der Waals surface area contributed by atoms with Crippen molar-refractivity contribution in [1.29, 1.82) is 0 Å². The van der Waals surface area contributed by atoms with Gasteiger partial charge in [-0.15, -0.1) is 10.2 Å². The highest BCUT2D eigenvalue weighted by atomic mass is 19.1. The van der Waals surface area contributed by atoms with Crippen LogP contribution < -0.4 is 4.90 Å². The maximum atomic E-state index is 15.1. The number of nitrogens with one attached hydrogen (secondary N) is 1. The maximum Gasteiger partial charge on any atom is 0.151 e. The van der Waals surface area contributed by atoms with Gasteiger partial charge in [-0.25, -0.2) is 4.39 Å². The summed E-state index contributed by atoms with van der Waals surface area (Å²) >= 11 is 0. The van der Waals surface area contributed by atoms with Crippen molar-refractivity contribution in [3.8, 4) is 28.1 Å². The molecule has 0 spiro atoms. The van der Waals surface area contributed by atoms with Gasteiger partial charge in [0.05, 0.1) is 17.9 Å². The van der Waals surface area contributed by atoms with Gasteiger partial charge in [0.2, 0.25) is 0 Å². The first kappa shape index (κ1) is 19.0. The number of rotatable bonds is 5. The number of aromatic amines is 1. The summed E-state index contributed by atoms with van der Waals surface area (Å²) in [5.41, 5.74) is 2.97. The number of phenolic OH excluding ortho intramolecular Hbond substituents is 1. The van der Waals surface area contributed by atoms with E-state index in [4.69, 9.17) is 0 Å². The molecular formula is C23H26FN5O. The fourth-order valence-corrected chi connectivity index (χ4v) is 5.23. The lowest BCUT2D eigenvalue weighted by molar-refractivity contribution is 0.142. The summed E-state index contributed by atoms with van der Waals surface area (Å²) in [7, 11) is 0. The van der Waals surface area contributed by atoms with Gasteiger partial charge in [0.25, 0.3) is 0 Å². The van der Waals surface area contributed by atoms with Crippen molar-refractivity contribution in [1.82, 2.24) is 20.4 Å². The van der Waals surface area contributed by atoms with Gasteiger partial charge in [-0.3, -0.25) is 5.10 Å². The standard InChI is InChI=1S/C23H26FN5O/c1-2-29(20-10-14-3-4-16(9-14)23(20)24)22-8-7-19(27-28-22)18-6-5-15(11-21(18)30)17-12-25-26-13-17/h5-8,11-14,16,20,23,30H,2-4,9-10H2,1H3,(H,25,26)/t14-,16+,20+,23-/m0/s1. The highest BCUT2D eigenvalue weighted by Crippen LogP contribution is 2.45. The minimum absolute atomic E-state index is 0.121. The van der Waals surface area contributed by atoms with Crippen LogP contribution in [0.5, 0.6) is 5.75 Å². The second kappa shape index (κ2) is 7.70. The first-order valence-corrected chi connectivity index (χ1v) is 10.7. The number of alkyl halides is 1. The van der Waals surface area contributed by atoms with Crippen LogP contribution in [0.25, 0.3) is 22.4 Å². The van der Waals surface area contributed by atoms with E-state index in [1.165, 1.54) is 0 Å². The highest BCUT2D eigenvalue weighted by Gasteiger charge is 2.44. The number of halogens is 1. The molecule has 3 aromatic rings. The van der Waals surface area contributed by atoms with Gasteiger partial charge in [-0.2, -0.15) is 5.10 Å². The molecule has 2 heterocycles. The third-order valence-corrected chi connectivity index (χ3v) is 6.77. The van der Waals surface area contributed by atoms with Gasteiger partial charge in [-0.05, 0) is 74.3 Å². The molecular weight excluding hydrogens is 381 g/mol. The molecule has 30 heavy (non-hydrogen) atoms. The largest absolute Gasteiger partial charge is 0.507 e. The molecule has 2 fully saturated rings. The smallest absolute Gasteiger partial charge is 0.151 e. The summed E-state index contributed by atoms with van der Waals surface area (Å²) in [6.45, 7) is 2.74. The number of hydrogen-bond donors (Lipinski definition) is 2. The number of phenols is 1. The summed E-state index contributed by atoms with van der Waals surface area (Å²) in [5.74, 6) is 1.67. The number of nitrogens with zero attached hydrogens (tertiary/aromatic N) is 4. The molecule has 2 aromatic heterocycles. The third-order valence-electron chi connectivity index (χ3n) is 6.77. The Balaban J connectivity index is 1.38. The monoisotopic (exact) mass is 407 g/mol. The zero-order chi connectivity index (χ0) is 20.7. The molecule has 2 saturated carbocycles. The van der Waals surface area contributed by atoms with Gasteiger partial charge in [0, 0.05) is 23.9 Å². The first-order valence-electron chi connectivity index (χ1n) is 10.7. The molecule has 2 bridgehead atoms. The second-order valence-corrected chi connectivity index (χ2v) is 8.47. The fourth-order valence-electron chi connectivity index (χ4n) is 5.23. The summed E-state index contributed by atoms with van der Waals surface area (Å²) in [6.07, 6.45) is 6.77. The van der Waals surface area contributed by atoms with E-state index in [2.05, 4.69) is 25.3 Å². The van der Waals surface area contributed by atoms with Crippen LogP contribution in [0.2, 0.25) is 0 Å². The molecule has 156 valence electrons. The van der Waals surface area contributed by atoms with E-state index in [0.29, 0.717) is 29.5 Å². The van der Waals surface area contributed by atoms with Crippen molar-refractivity contribution in [2.75, 3.05) is 11.4 Å². The second-order valence-electron chi connectivity index (χ2n) is 8.47. The van der Waals surface area contributed by atoms with Gasteiger partial charge >= 0.3 is 0 Å². The lowest BCUT2D eigenvalue weighted by Crippen LogP contribution is -2.47. The Bertz CT molecular complexity index is 1010. The Labute approximate surface area is 175 Å². The Morgan fingerprint density at radius 3 is 2.73 bits per heavy atom. The molecule has 2 aliphatic rings. The van der Waals surface area contributed by atoms with Crippen molar-refractivity contribution in [3.63, 3.8) is 0 Å². The van der Waals surface area contributed by atoms with E-state index in [1.54, 1.807) is 18.5 Å². The van der Waals surface area contributed by atoms with E-state index in [0.717, 1.165) is 36.8 Å². The van der Waals surface area contributed by atoms with E-state index >= 15 is 4.39 Å². The van der Waals surface area contributed by atoms with Crippen LogP contribution in [0.1, 0.15) is 32.6 Å². The highest BCUT2D eigenvalue weighted by molar-refractivity contribution is 5.73. The van der Waals surface area contributed by atoms with E-state index in [1.807, 2.05) is 31.2 Å². The van der Waals surface area contributed by atoms with Crippen LogP contribution in [0.3, 0.4) is 0 Å². The average Bonchev–Trinajstić information content (AvgIpc) is 3.44. The van der Waals surface area contributed by atoms with Crippen LogP contribution in [0, 0.1) is 11.8 Å². The Morgan fingerprint density at radius 1 is 1.13 bits per heavy atom. The Morgan fingerprint density at radius 2 is 2.03 bits per heavy atom. The molecule has 6 nitrogen and oxygen atoms in total. The van der Waals surface area contributed by atoms with Crippen molar-refractivity contribution in [2.45, 2.75) is 44.8 Å². The first-order chi connectivity index (χ1) is 14.6. The van der Waals surface area contributed by atoms with Crippen LogP contribution in [0.4, 0.5) is 10.2 Å². The zero-order valence-electron chi connectivity index (χ0n) is 17.0. The molecule has 0 radical (unpaired) electrons. The van der Waals surface area contributed by atoms with Crippen molar-refractivity contribution in [3.05, 3.63) is 42.7 Å². The lowest BCUT2D eigenvalue weighted by atomic mass is 9.83. The minimum atomic E-state index is -0.801. The number of aromatic nitrogens is 4. The zero-order valence-corrected chi connectivity index (χ0v) is 17.0. The van der Waals surface area contributed by atoms with E-state index in [-0.39, 0.29) is 17.7 Å². The third kappa shape index (κ3) is 3.32. The molecule has 2 aliphatic carbocycles. The number of anilines is 1. The van der Waals surface area contributed by atoms with Gasteiger partial charge in [0.1, 0.15) is 11.9 Å². The topological polar surface area (TPSA) is 77.9 Å². The summed E-state index contributed by atoms with van der Waals surface area (Å²) in [6, 6.07) is 9.05.